The Labute approximate surface area is 99.6 Å². The van der Waals surface area contributed by atoms with Gasteiger partial charge in [0.25, 0.3) is 0 Å². The topological polar surface area (TPSA) is 61.4 Å². The summed E-state index contributed by atoms with van der Waals surface area (Å²) in [6.07, 6.45) is 0.982. The van der Waals surface area contributed by atoms with Crippen LogP contribution in [-0.2, 0) is 4.79 Å². The Balaban J connectivity index is 2.84. The van der Waals surface area contributed by atoms with Crippen molar-refractivity contribution in [3.8, 4) is 0 Å². The van der Waals surface area contributed by atoms with Gasteiger partial charge in [-0.2, -0.15) is 0 Å². The quantitative estimate of drug-likeness (QED) is 0.741. The fourth-order valence-electron chi connectivity index (χ4n) is 1.22. The van der Waals surface area contributed by atoms with E-state index in [2.05, 4.69) is 17.6 Å². The fourth-order valence-corrected chi connectivity index (χ4v) is 1.40. The molecule has 3 N–H and O–H groups in total. The van der Waals surface area contributed by atoms with E-state index in [-0.39, 0.29) is 0 Å². The first-order chi connectivity index (χ1) is 7.67. The molecule has 0 aromatic heterocycles. The van der Waals surface area contributed by atoms with Crippen LogP contribution in [0, 0.1) is 0 Å². The molecule has 1 aromatic carbocycles. The van der Waals surface area contributed by atoms with Crippen LogP contribution < -0.4 is 10.6 Å². The first-order valence-corrected chi connectivity index (χ1v) is 5.49. The molecule has 0 saturated heterocycles. The Hall–Kier alpha value is -1.26. The molecule has 0 fully saturated rings. The summed E-state index contributed by atoms with van der Waals surface area (Å²) in [5.41, 5.74) is 1.38. The first kappa shape index (κ1) is 12.8. The lowest BCUT2D eigenvalue weighted by Gasteiger charge is -2.12. The fraction of sp³-hybridized carbons (Fsp3) is 0.364. The van der Waals surface area contributed by atoms with Gasteiger partial charge < -0.3 is 15.7 Å². The van der Waals surface area contributed by atoms with Gasteiger partial charge in [0.05, 0.1) is 11.4 Å². The summed E-state index contributed by atoms with van der Waals surface area (Å²) in [5.74, 6) is -0.457. The largest absolute Gasteiger partial charge is 0.387 e. The molecule has 1 amide bonds. The molecule has 88 valence electrons. The summed E-state index contributed by atoms with van der Waals surface area (Å²) in [5, 5.41) is 14.9. The number of carbonyl (C=O) groups excluding carboxylic acids is 1. The third kappa shape index (κ3) is 3.72. The van der Waals surface area contributed by atoms with E-state index >= 15 is 0 Å². The van der Waals surface area contributed by atoms with Gasteiger partial charge in [0.1, 0.15) is 6.61 Å². The molecule has 0 saturated carbocycles. The standard InChI is InChI=1S/C11H15ClN2O2/c1-2-5-13-9-4-3-8(12)6-10(9)14-11(16)7-15/h3-4,6,13,15H,2,5,7H2,1H3,(H,14,16). The van der Waals surface area contributed by atoms with Gasteiger partial charge in [-0.1, -0.05) is 18.5 Å². The van der Waals surface area contributed by atoms with Gasteiger partial charge in [-0.25, -0.2) is 0 Å². The van der Waals surface area contributed by atoms with Crippen LogP contribution in [0.3, 0.4) is 0 Å². The predicted octanol–water partition coefficient (Wildman–Crippen LogP) is 2.09. The van der Waals surface area contributed by atoms with Crippen molar-refractivity contribution in [2.45, 2.75) is 13.3 Å². The number of aliphatic hydroxyl groups is 1. The van der Waals surface area contributed by atoms with Crippen LogP contribution >= 0.6 is 11.6 Å². The van der Waals surface area contributed by atoms with Crippen LogP contribution in [0.5, 0.6) is 0 Å². The SMILES string of the molecule is CCCNc1ccc(Cl)cc1NC(=O)CO. The van der Waals surface area contributed by atoms with Crippen LogP contribution in [0.15, 0.2) is 18.2 Å². The molecule has 0 radical (unpaired) electrons. The van der Waals surface area contributed by atoms with Gasteiger partial charge in [0, 0.05) is 11.6 Å². The zero-order chi connectivity index (χ0) is 12.0. The van der Waals surface area contributed by atoms with E-state index in [4.69, 9.17) is 16.7 Å². The molecule has 0 aliphatic heterocycles. The lowest BCUT2D eigenvalue weighted by atomic mass is 10.2. The van der Waals surface area contributed by atoms with Crippen LogP contribution in [0.25, 0.3) is 0 Å². The number of hydrogen-bond acceptors (Lipinski definition) is 3. The molecule has 0 spiro atoms. The Bertz CT molecular complexity index is 369. The molecule has 0 bridgehead atoms. The van der Waals surface area contributed by atoms with Crippen molar-refractivity contribution in [1.29, 1.82) is 0 Å². The highest BCUT2D eigenvalue weighted by atomic mass is 35.5. The number of carbonyl (C=O) groups is 1. The summed E-state index contributed by atoms with van der Waals surface area (Å²) in [4.78, 5) is 11.1. The molecular weight excluding hydrogens is 228 g/mol. The monoisotopic (exact) mass is 242 g/mol. The maximum atomic E-state index is 11.1. The van der Waals surface area contributed by atoms with Crippen LogP contribution in [-0.4, -0.2) is 24.2 Å². The lowest BCUT2D eigenvalue weighted by Crippen LogP contribution is -2.16. The Morgan fingerprint density at radius 2 is 2.19 bits per heavy atom. The maximum Gasteiger partial charge on any atom is 0.250 e. The van der Waals surface area contributed by atoms with Crippen molar-refractivity contribution in [3.63, 3.8) is 0 Å². The average Bonchev–Trinajstić information content (AvgIpc) is 2.28. The van der Waals surface area contributed by atoms with Gasteiger partial charge in [-0.15, -0.1) is 0 Å². The molecule has 0 heterocycles. The molecule has 5 heteroatoms. The van der Waals surface area contributed by atoms with Crippen molar-refractivity contribution < 1.29 is 9.90 Å². The van der Waals surface area contributed by atoms with E-state index in [1.807, 2.05) is 0 Å². The van der Waals surface area contributed by atoms with Crippen LogP contribution in [0.2, 0.25) is 5.02 Å². The van der Waals surface area contributed by atoms with E-state index in [1.54, 1.807) is 18.2 Å². The second-order valence-electron chi connectivity index (χ2n) is 3.32. The van der Waals surface area contributed by atoms with Crippen LogP contribution in [0.4, 0.5) is 11.4 Å². The number of rotatable bonds is 5. The Kier molecular flexibility index (Phi) is 5.08. The normalized spacial score (nSPS) is 9.94. The Morgan fingerprint density at radius 1 is 1.44 bits per heavy atom. The summed E-state index contributed by atoms with van der Waals surface area (Å²) in [7, 11) is 0. The number of amides is 1. The number of hydrogen-bond donors (Lipinski definition) is 3. The molecule has 1 rings (SSSR count). The molecule has 0 aliphatic carbocycles. The van der Waals surface area contributed by atoms with Crippen molar-refractivity contribution in [2.24, 2.45) is 0 Å². The van der Waals surface area contributed by atoms with Gasteiger partial charge in [-0.05, 0) is 24.6 Å². The predicted molar refractivity (Wildman–Crippen MR) is 65.9 cm³/mol. The van der Waals surface area contributed by atoms with Crippen molar-refractivity contribution >= 4 is 28.9 Å². The zero-order valence-electron chi connectivity index (χ0n) is 9.09. The molecule has 4 nitrogen and oxygen atoms in total. The molecular formula is C11H15ClN2O2. The van der Waals surface area contributed by atoms with Gasteiger partial charge >= 0.3 is 0 Å². The summed E-state index contributed by atoms with van der Waals surface area (Å²) < 4.78 is 0. The molecule has 0 unspecified atom stereocenters. The number of anilines is 2. The van der Waals surface area contributed by atoms with Crippen molar-refractivity contribution in [1.82, 2.24) is 0 Å². The molecule has 0 aliphatic rings. The highest BCUT2D eigenvalue weighted by molar-refractivity contribution is 6.31. The molecule has 0 atom stereocenters. The number of halogens is 1. The zero-order valence-corrected chi connectivity index (χ0v) is 9.84. The number of nitrogens with one attached hydrogen (secondary N) is 2. The van der Waals surface area contributed by atoms with E-state index in [0.29, 0.717) is 10.7 Å². The van der Waals surface area contributed by atoms with E-state index in [1.165, 1.54) is 0 Å². The third-order valence-corrected chi connectivity index (χ3v) is 2.20. The minimum Gasteiger partial charge on any atom is -0.387 e. The first-order valence-electron chi connectivity index (χ1n) is 5.11. The Morgan fingerprint density at radius 3 is 2.81 bits per heavy atom. The molecule has 16 heavy (non-hydrogen) atoms. The van der Waals surface area contributed by atoms with Crippen LogP contribution in [0.1, 0.15) is 13.3 Å². The van der Waals surface area contributed by atoms with Crippen molar-refractivity contribution in [3.05, 3.63) is 23.2 Å². The maximum absolute atomic E-state index is 11.1. The average molecular weight is 243 g/mol. The van der Waals surface area contributed by atoms with E-state index in [9.17, 15) is 4.79 Å². The lowest BCUT2D eigenvalue weighted by molar-refractivity contribution is -0.118. The highest BCUT2D eigenvalue weighted by Gasteiger charge is 2.06. The smallest absolute Gasteiger partial charge is 0.250 e. The summed E-state index contributed by atoms with van der Waals surface area (Å²) in [6.45, 7) is 2.32. The van der Waals surface area contributed by atoms with E-state index < -0.39 is 12.5 Å². The number of aliphatic hydroxyl groups excluding tert-OH is 1. The molecule has 1 aromatic rings. The van der Waals surface area contributed by atoms with Gasteiger partial charge in [-0.3, -0.25) is 4.79 Å². The van der Waals surface area contributed by atoms with E-state index in [0.717, 1.165) is 18.7 Å². The summed E-state index contributed by atoms with van der Waals surface area (Å²) >= 11 is 5.84. The summed E-state index contributed by atoms with van der Waals surface area (Å²) in [6, 6.07) is 5.19. The highest BCUT2D eigenvalue weighted by Crippen LogP contribution is 2.25. The third-order valence-electron chi connectivity index (χ3n) is 1.96. The second kappa shape index (κ2) is 6.35. The minimum atomic E-state index is -0.542. The number of benzene rings is 1. The minimum absolute atomic E-state index is 0.457. The van der Waals surface area contributed by atoms with Crippen molar-refractivity contribution in [2.75, 3.05) is 23.8 Å². The second-order valence-corrected chi connectivity index (χ2v) is 3.76. The van der Waals surface area contributed by atoms with Gasteiger partial charge in [0.2, 0.25) is 5.91 Å². The van der Waals surface area contributed by atoms with Gasteiger partial charge in [0.15, 0.2) is 0 Å².